The van der Waals surface area contributed by atoms with E-state index in [0.717, 1.165) is 20.6 Å². The summed E-state index contributed by atoms with van der Waals surface area (Å²) in [5.74, 6) is 0.284. The van der Waals surface area contributed by atoms with Crippen molar-refractivity contribution in [3.8, 4) is 0 Å². The molecule has 1 saturated carbocycles. The molecule has 0 atom stereocenters. The number of carbonyl (C=O) groups excluding carboxylic acids is 2. The molecule has 0 spiro atoms. The fourth-order valence-electron chi connectivity index (χ4n) is 3.96. The number of hydrogen-bond acceptors (Lipinski definition) is 8. The number of anilines is 1. The van der Waals surface area contributed by atoms with Crippen LogP contribution in [0.4, 0.5) is 5.00 Å². The molecule has 0 radical (unpaired) electrons. The van der Waals surface area contributed by atoms with Crippen molar-refractivity contribution in [3.05, 3.63) is 25.5 Å². The summed E-state index contributed by atoms with van der Waals surface area (Å²) >= 11 is 9.31. The van der Waals surface area contributed by atoms with Gasteiger partial charge in [-0.15, -0.1) is 21.5 Å². The molecule has 2 aromatic heterocycles. The molecule has 0 unspecified atom stereocenters. The minimum atomic E-state index is -0.149. The predicted octanol–water partition coefficient (Wildman–Crippen LogP) is 3.81. The highest BCUT2D eigenvalue weighted by Crippen LogP contribution is 2.37. The summed E-state index contributed by atoms with van der Waals surface area (Å²) < 4.78 is 5.31. The summed E-state index contributed by atoms with van der Waals surface area (Å²) in [5.41, 5.74) is 0.780. The zero-order valence-corrected chi connectivity index (χ0v) is 20.5. The van der Waals surface area contributed by atoms with Crippen molar-refractivity contribution in [3.63, 3.8) is 0 Å². The van der Waals surface area contributed by atoms with E-state index in [1.165, 1.54) is 43.4 Å². The van der Waals surface area contributed by atoms with Crippen molar-refractivity contribution in [2.45, 2.75) is 51.5 Å². The van der Waals surface area contributed by atoms with Gasteiger partial charge in [0.15, 0.2) is 0 Å². The summed E-state index contributed by atoms with van der Waals surface area (Å²) in [4.78, 5) is 27.4. The Morgan fingerprint density at radius 1 is 1.16 bits per heavy atom. The smallest absolute Gasteiger partial charge is 0.265 e. The number of nitrogens with one attached hydrogen (secondary N) is 2. The van der Waals surface area contributed by atoms with Gasteiger partial charge in [0.05, 0.1) is 36.3 Å². The highest BCUT2D eigenvalue weighted by atomic mass is 35.5. The van der Waals surface area contributed by atoms with Crippen molar-refractivity contribution in [1.29, 1.82) is 0 Å². The third-order valence-corrected chi connectivity index (χ3v) is 8.76. The first-order valence-corrected chi connectivity index (χ1v) is 13.0. The Morgan fingerprint density at radius 2 is 1.91 bits per heavy atom. The number of hydrogen-bond donors (Lipinski definition) is 2. The van der Waals surface area contributed by atoms with Crippen LogP contribution in [0.25, 0.3) is 0 Å². The van der Waals surface area contributed by atoms with Crippen LogP contribution >= 0.6 is 34.3 Å². The summed E-state index contributed by atoms with van der Waals surface area (Å²) in [5, 5.41) is 17.7. The molecule has 2 aromatic rings. The van der Waals surface area contributed by atoms with E-state index in [1.807, 2.05) is 6.92 Å². The zero-order valence-electron chi connectivity index (χ0n) is 18.1. The molecular formula is C21H28ClN5O3S2. The third-order valence-electron chi connectivity index (χ3n) is 5.85. The van der Waals surface area contributed by atoms with Crippen LogP contribution in [0.3, 0.4) is 0 Å². The van der Waals surface area contributed by atoms with Gasteiger partial charge in [0, 0.05) is 24.6 Å². The fraction of sp³-hybridized carbons (Fsp3) is 0.619. The lowest BCUT2D eigenvalue weighted by atomic mass is 9.90. The van der Waals surface area contributed by atoms with Crippen molar-refractivity contribution < 1.29 is 14.3 Å². The number of halogens is 1. The molecule has 174 valence electrons. The maximum Gasteiger partial charge on any atom is 0.265 e. The van der Waals surface area contributed by atoms with Crippen LogP contribution < -0.4 is 10.6 Å². The highest BCUT2D eigenvalue weighted by Gasteiger charge is 2.25. The van der Waals surface area contributed by atoms with Gasteiger partial charge in [-0.2, -0.15) is 0 Å². The Balaban J connectivity index is 1.27. The maximum absolute atomic E-state index is 12.8. The van der Waals surface area contributed by atoms with Crippen molar-refractivity contribution in [2.24, 2.45) is 0 Å². The maximum atomic E-state index is 12.8. The molecule has 11 heteroatoms. The molecule has 2 fully saturated rings. The van der Waals surface area contributed by atoms with Crippen LogP contribution in [0.2, 0.25) is 5.02 Å². The number of rotatable bonds is 7. The number of morpholine rings is 1. The normalized spacial score (nSPS) is 17.4. The fourth-order valence-corrected chi connectivity index (χ4v) is 6.32. The van der Waals surface area contributed by atoms with E-state index in [0.29, 0.717) is 48.7 Å². The lowest BCUT2D eigenvalue weighted by molar-refractivity contribution is -0.119. The second kappa shape index (κ2) is 10.9. The monoisotopic (exact) mass is 497 g/mol. The van der Waals surface area contributed by atoms with Crippen LogP contribution in [0.15, 0.2) is 0 Å². The van der Waals surface area contributed by atoms with Gasteiger partial charge in [-0.3, -0.25) is 9.59 Å². The average Bonchev–Trinajstić information content (AvgIpc) is 3.42. The van der Waals surface area contributed by atoms with Crippen LogP contribution in [-0.2, 0) is 16.1 Å². The lowest BCUT2D eigenvalue weighted by Gasteiger charge is -2.26. The Morgan fingerprint density at radius 3 is 2.66 bits per heavy atom. The number of ether oxygens (including phenoxy) is 1. The topological polar surface area (TPSA) is 96.4 Å². The highest BCUT2D eigenvalue weighted by molar-refractivity contribution is 7.18. The first-order valence-electron chi connectivity index (χ1n) is 11.0. The standard InChI is InChI=1S/C21H28ClN5O3S2/c1-13-17(22)18(21(29)27-7-9-30-10-8-27)32-19(13)24-11-15(28)23-12-16-25-26-20(31-16)14-5-3-2-4-6-14/h14,24H,2-12H2,1H3,(H,23,28). The van der Waals surface area contributed by atoms with E-state index >= 15 is 0 Å². The molecule has 1 aliphatic carbocycles. The minimum Gasteiger partial charge on any atom is -0.378 e. The zero-order chi connectivity index (χ0) is 22.5. The molecule has 4 rings (SSSR count). The van der Waals surface area contributed by atoms with Gasteiger partial charge in [0.2, 0.25) is 5.91 Å². The third kappa shape index (κ3) is 5.59. The van der Waals surface area contributed by atoms with Gasteiger partial charge in [0.1, 0.15) is 14.9 Å². The summed E-state index contributed by atoms with van der Waals surface area (Å²) in [6.07, 6.45) is 6.19. The van der Waals surface area contributed by atoms with Gasteiger partial charge in [-0.1, -0.05) is 42.2 Å². The molecule has 2 aliphatic rings. The largest absolute Gasteiger partial charge is 0.378 e. The second-order valence-electron chi connectivity index (χ2n) is 8.10. The molecule has 1 aliphatic heterocycles. The molecule has 0 bridgehead atoms. The van der Waals surface area contributed by atoms with Gasteiger partial charge >= 0.3 is 0 Å². The van der Waals surface area contributed by atoms with Crippen molar-refractivity contribution >= 4 is 51.1 Å². The molecule has 0 aromatic carbocycles. The van der Waals surface area contributed by atoms with Gasteiger partial charge in [-0.25, -0.2) is 0 Å². The Bertz CT molecular complexity index is 951. The Hall–Kier alpha value is -1.75. The molecular weight excluding hydrogens is 470 g/mol. The molecule has 2 amide bonds. The molecule has 2 N–H and O–H groups in total. The second-order valence-corrected chi connectivity index (χ2v) is 10.6. The van der Waals surface area contributed by atoms with E-state index in [2.05, 4.69) is 20.8 Å². The predicted molar refractivity (Wildman–Crippen MR) is 127 cm³/mol. The number of amides is 2. The van der Waals surface area contributed by atoms with Crippen molar-refractivity contribution in [1.82, 2.24) is 20.4 Å². The minimum absolute atomic E-state index is 0.0889. The molecule has 3 heterocycles. The van der Waals surface area contributed by atoms with E-state index in [9.17, 15) is 9.59 Å². The van der Waals surface area contributed by atoms with Crippen LogP contribution in [-0.4, -0.2) is 59.8 Å². The first-order chi connectivity index (χ1) is 15.5. The first kappa shape index (κ1) is 23.4. The van der Waals surface area contributed by atoms with E-state index in [1.54, 1.807) is 16.2 Å². The molecule has 1 saturated heterocycles. The quantitative estimate of drug-likeness (QED) is 0.603. The van der Waals surface area contributed by atoms with Gasteiger partial charge in [0.25, 0.3) is 5.91 Å². The summed E-state index contributed by atoms with van der Waals surface area (Å²) in [7, 11) is 0. The van der Waals surface area contributed by atoms with E-state index in [-0.39, 0.29) is 18.4 Å². The Kier molecular flexibility index (Phi) is 7.98. The average molecular weight is 498 g/mol. The van der Waals surface area contributed by atoms with Crippen LogP contribution in [0.5, 0.6) is 0 Å². The number of thiophene rings is 1. The lowest BCUT2D eigenvalue weighted by Crippen LogP contribution is -2.40. The summed E-state index contributed by atoms with van der Waals surface area (Å²) in [6, 6.07) is 0. The van der Waals surface area contributed by atoms with Crippen molar-refractivity contribution in [2.75, 3.05) is 38.2 Å². The van der Waals surface area contributed by atoms with Crippen LogP contribution in [0, 0.1) is 6.92 Å². The number of nitrogens with zero attached hydrogens (tertiary/aromatic N) is 3. The van der Waals surface area contributed by atoms with Gasteiger partial charge < -0.3 is 20.3 Å². The molecule has 8 nitrogen and oxygen atoms in total. The summed E-state index contributed by atoms with van der Waals surface area (Å²) in [6.45, 7) is 4.51. The van der Waals surface area contributed by atoms with Crippen LogP contribution in [0.1, 0.15) is 63.3 Å². The SMILES string of the molecule is Cc1c(NCC(=O)NCc2nnc(C3CCCCC3)s2)sc(C(=O)N2CCOCC2)c1Cl. The van der Waals surface area contributed by atoms with Gasteiger partial charge in [-0.05, 0) is 19.8 Å². The number of aromatic nitrogens is 2. The van der Waals surface area contributed by atoms with E-state index < -0.39 is 0 Å². The number of carbonyl (C=O) groups is 2. The molecule has 32 heavy (non-hydrogen) atoms. The Labute approximate surface area is 200 Å². The van der Waals surface area contributed by atoms with E-state index in [4.69, 9.17) is 16.3 Å².